The molecule has 0 aliphatic heterocycles. The maximum absolute atomic E-state index is 13.5. The number of benzene rings is 3. The molecule has 0 radical (unpaired) electrons. The van der Waals surface area contributed by atoms with E-state index in [1.807, 2.05) is 0 Å². The van der Waals surface area contributed by atoms with Crippen LogP contribution in [-0.4, -0.2) is 31.2 Å². The number of amides is 1. The summed E-state index contributed by atoms with van der Waals surface area (Å²) in [5.74, 6) is 0.560. The topological polar surface area (TPSA) is 99.9 Å². The normalized spacial score (nSPS) is 11.9. The van der Waals surface area contributed by atoms with Gasteiger partial charge in [0, 0.05) is 10.6 Å². The Bertz CT molecular complexity index is 1700. The molecule has 37 heavy (non-hydrogen) atoms. The van der Waals surface area contributed by atoms with Gasteiger partial charge >= 0.3 is 0 Å². The van der Waals surface area contributed by atoms with Gasteiger partial charge in [-0.3, -0.25) is 14.9 Å². The first-order valence-corrected chi connectivity index (χ1v) is 12.4. The molecule has 0 aliphatic rings. The van der Waals surface area contributed by atoms with Crippen LogP contribution in [0.15, 0.2) is 69.9 Å². The van der Waals surface area contributed by atoms with Crippen molar-refractivity contribution in [1.29, 1.82) is 0 Å². The fourth-order valence-corrected chi connectivity index (χ4v) is 4.93. The largest absolute Gasteiger partial charge is 0.493 e. The Hall–Kier alpha value is -4.08. The monoisotopic (exact) mass is 536 g/mol. The number of aromatic nitrogens is 1. The highest BCUT2D eigenvalue weighted by molar-refractivity contribution is 7.22. The van der Waals surface area contributed by atoms with E-state index < -0.39 is 17.4 Å². The average Bonchev–Trinajstić information content (AvgIpc) is 3.30. The van der Waals surface area contributed by atoms with Gasteiger partial charge in [-0.15, -0.1) is 0 Å². The summed E-state index contributed by atoms with van der Waals surface area (Å²) in [7, 11) is 3.04. The Morgan fingerprint density at radius 1 is 1.05 bits per heavy atom. The summed E-state index contributed by atoms with van der Waals surface area (Å²) in [6, 6.07) is 17.2. The number of ether oxygens (including phenoxy) is 3. The third-order valence-electron chi connectivity index (χ3n) is 5.65. The van der Waals surface area contributed by atoms with E-state index >= 15 is 0 Å². The number of rotatable bonds is 7. The smallest absolute Gasteiger partial charge is 0.266 e. The van der Waals surface area contributed by atoms with Crippen LogP contribution >= 0.6 is 22.9 Å². The highest BCUT2D eigenvalue weighted by atomic mass is 35.5. The summed E-state index contributed by atoms with van der Waals surface area (Å²) in [5, 5.41) is 4.05. The first kappa shape index (κ1) is 24.6. The van der Waals surface area contributed by atoms with Crippen molar-refractivity contribution in [2.24, 2.45) is 0 Å². The summed E-state index contributed by atoms with van der Waals surface area (Å²) < 4.78 is 23.6. The van der Waals surface area contributed by atoms with Crippen LogP contribution in [0.4, 0.5) is 5.13 Å². The van der Waals surface area contributed by atoms with Crippen molar-refractivity contribution >= 4 is 55.2 Å². The van der Waals surface area contributed by atoms with Crippen molar-refractivity contribution in [3.8, 4) is 28.6 Å². The molecule has 5 rings (SSSR count). The predicted molar refractivity (Wildman–Crippen MR) is 144 cm³/mol. The molecule has 0 saturated heterocycles. The number of nitrogens with zero attached hydrogens (tertiary/aromatic N) is 1. The molecule has 3 aromatic carbocycles. The second kappa shape index (κ2) is 10.1. The molecule has 5 aromatic rings. The molecule has 2 heterocycles. The zero-order chi connectivity index (χ0) is 26.1. The van der Waals surface area contributed by atoms with E-state index in [9.17, 15) is 9.59 Å². The molecular formula is C27H21ClN2O6S. The molecule has 1 amide bonds. The van der Waals surface area contributed by atoms with Crippen LogP contribution in [0.3, 0.4) is 0 Å². The van der Waals surface area contributed by atoms with E-state index in [4.69, 9.17) is 30.2 Å². The van der Waals surface area contributed by atoms with Crippen LogP contribution in [0.5, 0.6) is 17.2 Å². The Balaban J connectivity index is 1.51. The van der Waals surface area contributed by atoms with Gasteiger partial charge in [0.05, 0.1) is 29.8 Å². The van der Waals surface area contributed by atoms with Gasteiger partial charge in [-0.05, 0) is 55.5 Å². The summed E-state index contributed by atoms with van der Waals surface area (Å²) in [5.41, 5.74) is 1.21. The number of fused-ring (bicyclic) bond motifs is 2. The zero-order valence-electron chi connectivity index (χ0n) is 20.0. The van der Waals surface area contributed by atoms with E-state index in [0.717, 1.165) is 4.70 Å². The molecule has 10 heteroatoms. The van der Waals surface area contributed by atoms with Crippen molar-refractivity contribution < 1.29 is 23.4 Å². The minimum absolute atomic E-state index is 0.0929. The van der Waals surface area contributed by atoms with Gasteiger partial charge in [0.1, 0.15) is 5.58 Å². The van der Waals surface area contributed by atoms with Crippen LogP contribution in [0, 0.1) is 0 Å². The predicted octanol–water partition coefficient (Wildman–Crippen LogP) is 6.15. The van der Waals surface area contributed by atoms with Crippen molar-refractivity contribution in [2.45, 2.75) is 13.0 Å². The van der Waals surface area contributed by atoms with Gasteiger partial charge in [0.25, 0.3) is 5.91 Å². The lowest BCUT2D eigenvalue weighted by atomic mass is 10.1. The van der Waals surface area contributed by atoms with Crippen molar-refractivity contribution in [3.63, 3.8) is 0 Å². The summed E-state index contributed by atoms with van der Waals surface area (Å²) >= 11 is 7.34. The quantitative estimate of drug-likeness (QED) is 0.266. The number of carbonyl (C=O) groups is 1. The number of para-hydroxylation sites is 1. The van der Waals surface area contributed by atoms with Crippen molar-refractivity contribution in [2.75, 3.05) is 19.5 Å². The lowest BCUT2D eigenvalue weighted by molar-refractivity contribution is -0.122. The Kier molecular flexibility index (Phi) is 6.73. The number of nitrogens with one attached hydrogen (secondary N) is 1. The minimum Gasteiger partial charge on any atom is -0.493 e. The molecule has 0 bridgehead atoms. The number of hydrogen-bond acceptors (Lipinski definition) is 8. The lowest BCUT2D eigenvalue weighted by Gasteiger charge is -2.17. The van der Waals surface area contributed by atoms with Gasteiger partial charge in [-0.25, -0.2) is 4.98 Å². The van der Waals surface area contributed by atoms with Crippen LogP contribution in [-0.2, 0) is 4.79 Å². The van der Waals surface area contributed by atoms with Crippen LogP contribution < -0.4 is 25.0 Å². The fourth-order valence-electron chi connectivity index (χ4n) is 3.79. The first-order valence-electron chi connectivity index (χ1n) is 11.2. The van der Waals surface area contributed by atoms with Crippen LogP contribution in [0.25, 0.3) is 32.5 Å². The molecule has 2 aromatic heterocycles. The molecule has 8 nitrogen and oxygen atoms in total. The third kappa shape index (κ3) is 4.83. The van der Waals surface area contributed by atoms with Crippen molar-refractivity contribution in [3.05, 3.63) is 75.9 Å². The summed E-state index contributed by atoms with van der Waals surface area (Å²) in [4.78, 5) is 30.9. The highest BCUT2D eigenvalue weighted by Crippen LogP contribution is 2.37. The number of thiazole rings is 1. The maximum Gasteiger partial charge on any atom is 0.266 e. The van der Waals surface area contributed by atoms with E-state index in [1.54, 1.807) is 67.6 Å². The van der Waals surface area contributed by atoms with E-state index in [2.05, 4.69) is 10.3 Å². The maximum atomic E-state index is 13.5. The first-order chi connectivity index (χ1) is 17.9. The minimum atomic E-state index is -1.04. The highest BCUT2D eigenvalue weighted by Gasteiger charge is 2.24. The van der Waals surface area contributed by atoms with E-state index in [0.29, 0.717) is 43.7 Å². The van der Waals surface area contributed by atoms with E-state index in [-0.39, 0.29) is 11.5 Å². The van der Waals surface area contributed by atoms with Gasteiger partial charge in [-0.2, -0.15) is 0 Å². The molecule has 0 aliphatic carbocycles. The molecule has 188 valence electrons. The van der Waals surface area contributed by atoms with E-state index in [1.165, 1.54) is 25.6 Å². The lowest BCUT2D eigenvalue weighted by Crippen LogP contribution is -2.31. The SMILES string of the molecule is COc1ccc(-c2oc3ccccc3c(=O)c2OC(C)C(=O)Nc2nc3ccc(Cl)cc3s2)cc1OC. The van der Waals surface area contributed by atoms with Gasteiger partial charge in [0.15, 0.2) is 28.5 Å². The van der Waals surface area contributed by atoms with Gasteiger partial charge in [0.2, 0.25) is 11.2 Å². The summed E-state index contributed by atoms with van der Waals surface area (Å²) in [6.07, 6.45) is -1.04. The van der Waals surface area contributed by atoms with Crippen LogP contribution in [0.1, 0.15) is 6.92 Å². The van der Waals surface area contributed by atoms with Gasteiger partial charge < -0.3 is 18.6 Å². The molecule has 0 spiro atoms. The Morgan fingerprint density at radius 3 is 2.62 bits per heavy atom. The second-order valence-corrected chi connectivity index (χ2v) is 9.50. The van der Waals surface area contributed by atoms with Crippen LogP contribution in [0.2, 0.25) is 5.02 Å². The second-order valence-electron chi connectivity index (χ2n) is 8.04. The molecule has 0 saturated carbocycles. The average molecular weight is 537 g/mol. The Morgan fingerprint density at radius 2 is 1.84 bits per heavy atom. The number of methoxy groups -OCH3 is 2. The molecule has 1 N–H and O–H groups in total. The standard InChI is InChI=1S/C27H21ClN2O6S/c1-14(26(32)30-27-29-18-10-9-16(28)13-22(18)37-27)35-25-23(31)17-6-4-5-7-19(17)36-24(25)15-8-11-20(33-2)21(12-15)34-3/h4-14H,1-3H3,(H,29,30,32). The zero-order valence-corrected chi connectivity index (χ0v) is 21.6. The number of halogens is 1. The molecular weight excluding hydrogens is 516 g/mol. The fraction of sp³-hybridized carbons (Fsp3) is 0.148. The Labute approximate surface area is 220 Å². The number of hydrogen-bond donors (Lipinski definition) is 1. The number of carbonyl (C=O) groups excluding carboxylic acids is 1. The molecule has 1 unspecified atom stereocenters. The van der Waals surface area contributed by atoms with Gasteiger partial charge in [-0.1, -0.05) is 35.1 Å². The third-order valence-corrected chi connectivity index (χ3v) is 6.82. The summed E-state index contributed by atoms with van der Waals surface area (Å²) in [6.45, 7) is 1.55. The number of anilines is 1. The van der Waals surface area contributed by atoms with Crippen molar-refractivity contribution in [1.82, 2.24) is 4.98 Å². The molecule has 0 fully saturated rings. The molecule has 1 atom stereocenters.